The normalized spacial score (nSPS) is 17.7. The van der Waals surface area contributed by atoms with Crippen LogP contribution in [0.25, 0.3) is 0 Å². The zero-order chi connectivity index (χ0) is 15.2. The zero-order valence-corrected chi connectivity index (χ0v) is 14.0. The molecule has 1 saturated carbocycles. The number of halogens is 3. The van der Waals surface area contributed by atoms with Crippen molar-refractivity contribution in [2.75, 3.05) is 18.5 Å². The Hall–Kier alpha value is -0.190. The molecule has 0 bridgehead atoms. The van der Waals surface area contributed by atoms with Crippen molar-refractivity contribution >= 4 is 40.5 Å². The first kappa shape index (κ1) is 17.2. The lowest BCUT2D eigenvalue weighted by molar-refractivity contribution is -0.0195. The van der Waals surface area contributed by atoms with Crippen molar-refractivity contribution in [3.63, 3.8) is 0 Å². The van der Waals surface area contributed by atoms with E-state index in [4.69, 9.17) is 39.5 Å². The second-order valence-corrected chi connectivity index (χ2v) is 6.60. The molecule has 0 amide bonds. The van der Waals surface area contributed by atoms with E-state index in [9.17, 15) is 5.11 Å². The number of rotatable bonds is 6. The maximum absolute atomic E-state index is 9.97. The molecule has 21 heavy (non-hydrogen) atoms. The first-order chi connectivity index (χ1) is 10.1. The van der Waals surface area contributed by atoms with Gasteiger partial charge in [0.05, 0.1) is 39.6 Å². The van der Waals surface area contributed by atoms with Gasteiger partial charge in [-0.25, -0.2) is 0 Å². The fourth-order valence-corrected chi connectivity index (χ4v) is 3.04. The molecule has 0 aromatic heterocycles. The number of anilines is 1. The van der Waals surface area contributed by atoms with Crippen LogP contribution in [0.3, 0.4) is 0 Å². The summed E-state index contributed by atoms with van der Waals surface area (Å²) < 4.78 is 5.74. The van der Waals surface area contributed by atoms with E-state index in [1.54, 1.807) is 12.1 Å². The Morgan fingerprint density at radius 1 is 1.10 bits per heavy atom. The van der Waals surface area contributed by atoms with Crippen molar-refractivity contribution in [3.8, 4) is 0 Å². The van der Waals surface area contributed by atoms with E-state index in [2.05, 4.69) is 5.32 Å². The van der Waals surface area contributed by atoms with E-state index in [1.165, 1.54) is 19.3 Å². The van der Waals surface area contributed by atoms with Gasteiger partial charge in [-0.2, -0.15) is 0 Å². The molecule has 0 saturated heterocycles. The van der Waals surface area contributed by atoms with E-state index in [-0.39, 0.29) is 0 Å². The zero-order valence-electron chi connectivity index (χ0n) is 11.7. The molecule has 1 aliphatic carbocycles. The molecule has 3 nitrogen and oxygen atoms in total. The summed E-state index contributed by atoms with van der Waals surface area (Å²) >= 11 is 17.9. The minimum absolute atomic E-state index is 0.293. The molecule has 0 aliphatic heterocycles. The van der Waals surface area contributed by atoms with Crippen molar-refractivity contribution in [3.05, 3.63) is 27.2 Å². The molecule has 6 heteroatoms. The van der Waals surface area contributed by atoms with Crippen LogP contribution in [0.1, 0.15) is 32.1 Å². The fraction of sp³-hybridized carbons (Fsp3) is 0.600. The Morgan fingerprint density at radius 3 is 2.48 bits per heavy atom. The largest absolute Gasteiger partial charge is 0.389 e. The molecule has 1 aromatic rings. The molecule has 1 aliphatic rings. The van der Waals surface area contributed by atoms with Crippen LogP contribution in [-0.2, 0) is 4.74 Å². The number of nitrogens with one attached hydrogen (secondary N) is 1. The monoisotopic (exact) mass is 351 g/mol. The van der Waals surface area contributed by atoms with Crippen LogP contribution in [0.2, 0.25) is 15.1 Å². The number of aliphatic hydroxyl groups is 1. The highest BCUT2D eigenvalue weighted by atomic mass is 35.5. The van der Waals surface area contributed by atoms with Crippen molar-refractivity contribution in [1.82, 2.24) is 0 Å². The van der Waals surface area contributed by atoms with E-state index >= 15 is 0 Å². The Bertz CT molecular complexity index is 464. The van der Waals surface area contributed by atoms with Crippen LogP contribution >= 0.6 is 34.8 Å². The van der Waals surface area contributed by atoms with Gasteiger partial charge in [0.25, 0.3) is 0 Å². The van der Waals surface area contributed by atoms with Crippen molar-refractivity contribution in [1.29, 1.82) is 0 Å². The van der Waals surface area contributed by atoms with Gasteiger partial charge in [0.1, 0.15) is 0 Å². The predicted octanol–water partition coefficient (Wildman–Crippen LogP) is 4.77. The van der Waals surface area contributed by atoms with Gasteiger partial charge in [-0.1, -0.05) is 54.1 Å². The minimum Gasteiger partial charge on any atom is -0.389 e. The van der Waals surface area contributed by atoms with Gasteiger partial charge in [-0.05, 0) is 25.0 Å². The average Bonchev–Trinajstić information content (AvgIpc) is 2.48. The van der Waals surface area contributed by atoms with Crippen molar-refractivity contribution in [2.45, 2.75) is 44.3 Å². The van der Waals surface area contributed by atoms with Gasteiger partial charge in [0, 0.05) is 6.54 Å². The molecule has 2 N–H and O–H groups in total. The number of ether oxygens (including phenoxy) is 1. The number of aliphatic hydroxyl groups excluding tert-OH is 1. The summed E-state index contributed by atoms with van der Waals surface area (Å²) in [5.74, 6) is 0. The molecule has 1 unspecified atom stereocenters. The second kappa shape index (κ2) is 8.44. The molecular weight excluding hydrogens is 333 g/mol. The molecule has 1 aromatic carbocycles. The Morgan fingerprint density at radius 2 is 1.76 bits per heavy atom. The van der Waals surface area contributed by atoms with E-state index in [0.29, 0.717) is 40.0 Å². The summed E-state index contributed by atoms with van der Waals surface area (Å²) in [6.07, 6.45) is 5.63. The molecule has 118 valence electrons. The molecule has 2 rings (SSSR count). The summed E-state index contributed by atoms with van der Waals surface area (Å²) in [4.78, 5) is 0. The first-order valence-electron chi connectivity index (χ1n) is 7.24. The molecule has 0 spiro atoms. The average molecular weight is 353 g/mol. The third-order valence-electron chi connectivity index (χ3n) is 3.61. The lowest BCUT2D eigenvalue weighted by Gasteiger charge is -2.23. The predicted molar refractivity (Wildman–Crippen MR) is 88.8 cm³/mol. The molecule has 1 atom stereocenters. The van der Waals surface area contributed by atoms with Gasteiger partial charge >= 0.3 is 0 Å². The van der Waals surface area contributed by atoms with Gasteiger partial charge in [0.2, 0.25) is 0 Å². The summed E-state index contributed by atoms with van der Waals surface area (Å²) in [5, 5.41) is 14.3. The highest BCUT2D eigenvalue weighted by Gasteiger charge is 2.15. The van der Waals surface area contributed by atoms with Gasteiger partial charge in [-0.3, -0.25) is 0 Å². The van der Waals surface area contributed by atoms with Crippen LogP contribution in [0.4, 0.5) is 5.69 Å². The molecule has 1 fully saturated rings. The number of hydrogen-bond donors (Lipinski definition) is 2. The fourth-order valence-electron chi connectivity index (χ4n) is 2.42. The van der Waals surface area contributed by atoms with E-state index in [0.717, 1.165) is 12.8 Å². The van der Waals surface area contributed by atoms with Crippen LogP contribution in [0.5, 0.6) is 0 Å². The maximum atomic E-state index is 9.97. The van der Waals surface area contributed by atoms with E-state index in [1.807, 2.05) is 0 Å². The lowest BCUT2D eigenvalue weighted by Crippen LogP contribution is -2.28. The smallest absolute Gasteiger partial charge is 0.0945 e. The summed E-state index contributed by atoms with van der Waals surface area (Å²) in [5.41, 5.74) is 0.655. The Balaban J connectivity index is 1.75. The van der Waals surface area contributed by atoms with E-state index < -0.39 is 6.10 Å². The van der Waals surface area contributed by atoms with Crippen LogP contribution < -0.4 is 5.32 Å². The maximum Gasteiger partial charge on any atom is 0.0945 e. The molecular formula is C15H20Cl3NO2. The topological polar surface area (TPSA) is 41.5 Å². The van der Waals surface area contributed by atoms with Gasteiger partial charge < -0.3 is 15.2 Å². The second-order valence-electron chi connectivity index (χ2n) is 5.37. The Kier molecular flexibility index (Phi) is 6.90. The highest BCUT2D eigenvalue weighted by Crippen LogP contribution is 2.32. The Labute approximate surface area is 140 Å². The quantitative estimate of drug-likeness (QED) is 0.725. The van der Waals surface area contributed by atoms with Gasteiger partial charge in [0.15, 0.2) is 0 Å². The number of benzene rings is 1. The standard InChI is InChI=1S/C15H20Cl3NO2/c16-12-6-14(18)15(7-13(12)17)19-8-10(20)9-21-11-4-2-1-3-5-11/h6-7,10-11,19-20H,1-5,8-9H2. The van der Waals surface area contributed by atoms with Crippen LogP contribution in [0, 0.1) is 0 Å². The summed E-state index contributed by atoms with van der Waals surface area (Å²) in [6.45, 7) is 0.682. The number of hydrogen-bond acceptors (Lipinski definition) is 3. The third-order valence-corrected chi connectivity index (χ3v) is 4.65. The summed E-state index contributed by atoms with van der Waals surface area (Å²) in [6, 6.07) is 3.24. The van der Waals surface area contributed by atoms with Crippen molar-refractivity contribution in [2.24, 2.45) is 0 Å². The minimum atomic E-state index is -0.586. The van der Waals surface area contributed by atoms with Crippen molar-refractivity contribution < 1.29 is 9.84 Å². The summed E-state index contributed by atoms with van der Waals surface area (Å²) in [7, 11) is 0. The van der Waals surface area contributed by atoms with Gasteiger partial charge in [-0.15, -0.1) is 0 Å². The SMILES string of the molecule is OC(CNc1cc(Cl)c(Cl)cc1Cl)COC1CCCCC1. The van der Waals surface area contributed by atoms with Crippen LogP contribution in [0.15, 0.2) is 12.1 Å². The lowest BCUT2D eigenvalue weighted by atomic mass is 9.98. The highest BCUT2D eigenvalue weighted by molar-refractivity contribution is 6.44. The molecule has 0 heterocycles. The van der Waals surface area contributed by atoms with Crippen LogP contribution in [-0.4, -0.2) is 30.5 Å². The first-order valence-corrected chi connectivity index (χ1v) is 8.37. The third kappa shape index (κ3) is 5.50. The molecule has 0 radical (unpaired) electrons.